The van der Waals surface area contributed by atoms with Gasteiger partial charge in [0.2, 0.25) is 0 Å². The average Bonchev–Trinajstić information content (AvgIpc) is 2.50. The highest BCUT2D eigenvalue weighted by Gasteiger charge is 2.23. The zero-order valence-electron chi connectivity index (χ0n) is 13.4. The fourth-order valence-electron chi connectivity index (χ4n) is 3.77. The van der Waals surface area contributed by atoms with E-state index in [4.69, 9.17) is 0 Å². The number of hydrogen-bond donors (Lipinski definition) is 4. The van der Waals surface area contributed by atoms with Crippen LogP contribution in [-0.4, -0.2) is 48.6 Å². The molecule has 0 spiro atoms. The predicted octanol–water partition coefficient (Wildman–Crippen LogP) is 1.66. The molecule has 4 N–H and O–H groups in total. The van der Waals surface area contributed by atoms with E-state index in [1.54, 1.807) is 0 Å². The Morgan fingerprint density at radius 2 is 1.10 bits per heavy atom. The molecule has 0 bridgehead atoms. The van der Waals surface area contributed by atoms with Gasteiger partial charge in [-0.2, -0.15) is 0 Å². The van der Waals surface area contributed by atoms with Gasteiger partial charge in [0.05, 0.1) is 12.2 Å². The van der Waals surface area contributed by atoms with Crippen LogP contribution in [0, 0.1) is 11.8 Å². The summed E-state index contributed by atoms with van der Waals surface area (Å²) in [5.41, 5.74) is 0. The SMILES string of the molecule is OC1CCCCC1CNCCCNCC1CCCCC1O. The van der Waals surface area contributed by atoms with Gasteiger partial charge < -0.3 is 20.8 Å². The molecule has 2 aliphatic rings. The average molecular weight is 298 g/mol. The number of aliphatic hydroxyl groups is 2. The second-order valence-corrected chi connectivity index (χ2v) is 6.99. The van der Waals surface area contributed by atoms with E-state index in [2.05, 4.69) is 10.6 Å². The van der Waals surface area contributed by atoms with E-state index < -0.39 is 0 Å². The van der Waals surface area contributed by atoms with Crippen molar-refractivity contribution >= 4 is 0 Å². The van der Waals surface area contributed by atoms with E-state index in [9.17, 15) is 10.2 Å². The predicted molar refractivity (Wildman–Crippen MR) is 86.3 cm³/mol. The van der Waals surface area contributed by atoms with Crippen LogP contribution in [0.3, 0.4) is 0 Å². The highest BCUT2D eigenvalue weighted by Crippen LogP contribution is 2.24. The first kappa shape index (κ1) is 17.2. The molecule has 4 atom stereocenters. The standard InChI is InChI=1S/C17H34N2O2/c20-16-8-3-1-6-14(16)12-18-10-5-11-19-13-15-7-2-4-9-17(15)21/h14-21H,1-13H2. The van der Waals surface area contributed by atoms with Crippen LogP contribution in [0.15, 0.2) is 0 Å². The van der Waals surface area contributed by atoms with Crippen molar-refractivity contribution in [3.8, 4) is 0 Å². The summed E-state index contributed by atoms with van der Waals surface area (Å²) in [7, 11) is 0. The van der Waals surface area contributed by atoms with Gasteiger partial charge in [0.25, 0.3) is 0 Å². The minimum Gasteiger partial charge on any atom is -0.393 e. The Balaban J connectivity index is 1.43. The van der Waals surface area contributed by atoms with Crippen molar-refractivity contribution in [1.29, 1.82) is 0 Å². The lowest BCUT2D eigenvalue weighted by atomic mass is 9.86. The summed E-state index contributed by atoms with van der Waals surface area (Å²) in [6.07, 6.45) is 10.2. The van der Waals surface area contributed by atoms with Crippen LogP contribution in [0.1, 0.15) is 57.8 Å². The molecule has 21 heavy (non-hydrogen) atoms. The lowest BCUT2D eigenvalue weighted by Gasteiger charge is -2.28. The Morgan fingerprint density at radius 1 is 0.667 bits per heavy atom. The highest BCUT2D eigenvalue weighted by atomic mass is 16.3. The Bertz CT molecular complexity index is 250. The van der Waals surface area contributed by atoms with Crippen LogP contribution in [0.25, 0.3) is 0 Å². The van der Waals surface area contributed by atoms with E-state index >= 15 is 0 Å². The number of aliphatic hydroxyl groups excluding tert-OH is 2. The molecule has 4 nitrogen and oxygen atoms in total. The van der Waals surface area contributed by atoms with Crippen molar-refractivity contribution in [2.45, 2.75) is 70.0 Å². The number of rotatable bonds is 8. The van der Waals surface area contributed by atoms with Gasteiger partial charge >= 0.3 is 0 Å². The molecule has 4 unspecified atom stereocenters. The number of hydrogen-bond acceptors (Lipinski definition) is 4. The van der Waals surface area contributed by atoms with Crippen molar-refractivity contribution in [3.05, 3.63) is 0 Å². The first-order valence-electron chi connectivity index (χ1n) is 9.05. The molecule has 0 saturated heterocycles. The summed E-state index contributed by atoms with van der Waals surface area (Å²) in [6, 6.07) is 0. The topological polar surface area (TPSA) is 64.5 Å². The van der Waals surface area contributed by atoms with E-state index in [1.165, 1.54) is 38.5 Å². The lowest BCUT2D eigenvalue weighted by molar-refractivity contribution is 0.0690. The Morgan fingerprint density at radius 3 is 1.52 bits per heavy atom. The van der Waals surface area contributed by atoms with Gasteiger partial charge in [-0.1, -0.05) is 25.7 Å². The molecule has 0 aromatic rings. The third-order valence-corrected chi connectivity index (χ3v) is 5.26. The summed E-state index contributed by atoms with van der Waals surface area (Å²) in [5, 5.41) is 26.8. The van der Waals surface area contributed by atoms with Gasteiger partial charge in [0.15, 0.2) is 0 Å². The fraction of sp³-hybridized carbons (Fsp3) is 1.00. The summed E-state index contributed by atoms with van der Waals surface area (Å²) in [5.74, 6) is 0.924. The van der Waals surface area contributed by atoms with Gasteiger partial charge in [0.1, 0.15) is 0 Å². The normalized spacial score (nSPS) is 34.0. The maximum absolute atomic E-state index is 9.90. The molecule has 0 aliphatic heterocycles. The Labute approximate surface area is 129 Å². The summed E-state index contributed by atoms with van der Waals surface area (Å²) in [4.78, 5) is 0. The van der Waals surface area contributed by atoms with Crippen molar-refractivity contribution in [3.63, 3.8) is 0 Å². The smallest absolute Gasteiger partial charge is 0.0580 e. The van der Waals surface area contributed by atoms with Crippen molar-refractivity contribution in [1.82, 2.24) is 10.6 Å². The fourth-order valence-corrected chi connectivity index (χ4v) is 3.77. The first-order chi connectivity index (χ1) is 10.3. The van der Waals surface area contributed by atoms with Gasteiger partial charge in [-0.15, -0.1) is 0 Å². The zero-order valence-corrected chi connectivity index (χ0v) is 13.4. The van der Waals surface area contributed by atoms with Gasteiger partial charge in [-0.25, -0.2) is 0 Å². The molecular weight excluding hydrogens is 264 g/mol. The lowest BCUT2D eigenvalue weighted by Crippen LogP contribution is -2.36. The quantitative estimate of drug-likeness (QED) is 0.515. The van der Waals surface area contributed by atoms with Gasteiger partial charge in [0, 0.05) is 13.1 Å². The molecule has 0 aromatic heterocycles. The highest BCUT2D eigenvalue weighted by molar-refractivity contribution is 4.77. The largest absolute Gasteiger partial charge is 0.393 e. The van der Waals surface area contributed by atoms with Crippen molar-refractivity contribution < 1.29 is 10.2 Å². The van der Waals surface area contributed by atoms with E-state index in [0.29, 0.717) is 11.8 Å². The molecule has 0 radical (unpaired) electrons. The molecule has 2 fully saturated rings. The van der Waals surface area contributed by atoms with Gasteiger partial charge in [-0.05, 0) is 57.0 Å². The molecule has 2 rings (SSSR count). The number of nitrogens with one attached hydrogen (secondary N) is 2. The Hall–Kier alpha value is -0.160. The van der Waals surface area contributed by atoms with Crippen LogP contribution in [0.2, 0.25) is 0 Å². The summed E-state index contributed by atoms with van der Waals surface area (Å²) in [6.45, 7) is 3.96. The minimum atomic E-state index is -0.0860. The minimum absolute atomic E-state index is 0.0860. The molecule has 0 heterocycles. The molecule has 0 aromatic carbocycles. The molecule has 2 aliphatic carbocycles. The maximum atomic E-state index is 9.90. The third-order valence-electron chi connectivity index (χ3n) is 5.26. The van der Waals surface area contributed by atoms with E-state index in [1.807, 2.05) is 0 Å². The maximum Gasteiger partial charge on any atom is 0.0580 e. The molecule has 124 valence electrons. The molecule has 4 heteroatoms. The van der Waals surface area contributed by atoms with Crippen LogP contribution in [0.5, 0.6) is 0 Å². The van der Waals surface area contributed by atoms with Crippen molar-refractivity contribution in [2.75, 3.05) is 26.2 Å². The second kappa shape index (κ2) is 9.78. The molecule has 2 saturated carbocycles. The Kier molecular flexibility index (Phi) is 8.01. The summed E-state index contributed by atoms with van der Waals surface area (Å²) < 4.78 is 0. The molecular formula is C17H34N2O2. The summed E-state index contributed by atoms with van der Waals surface area (Å²) >= 11 is 0. The second-order valence-electron chi connectivity index (χ2n) is 6.99. The third kappa shape index (κ3) is 6.23. The molecule has 0 amide bonds. The van der Waals surface area contributed by atoms with Crippen LogP contribution in [-0.2, 0) is 0 Å². The monoisotopic (exact) mass is 298 g/mol. The van der Waals surface area contributed by atoms with Crippen molar-refractivity contribution in [2.24, 2.45) is 11.8 Å². The van der Waals surface area contributed by atoms with Crippen LogP contribution in [0.4, 0.5) is 0 Å². The van der Waals surface area contributed by atoms with E-state index in [0.717, 1.165) is 45.4 Å². The zero-order chi connectivity index (χ0) is 14.9. The van der Waals surface area contributed by atoms with Crippen LogP contribution < -0.4 is 10.6 Å². The van der Waals surface area contributed by atoms with E-state index in [-0.39, 0.29) is 12.2 Å². The first-order valence-corrected chi connectivity index (χ1v) is 9.05. The van der Waals surface area contributed by atoms with Gasteiger partial charge in [-0.3, -0.25) is 0 Å². The van der Waals surface area contributed by atoms with Crippen LogP contribution >= 0.6 is 0 Å².